The molecule has 0 aromatic rings. The van der Waals surface area contributed by atoms with Gasteiger partial charge in [0.2, 0.25) is 0 Å². The zero-order valence-corrected chi connectivity index (χ0v) is 9.59. The first-order valence-electron chi connectivity index (χ1n) is 5.87. The van der Waals surface area contributed by atoms with E-state index in [4.69, 9.17) is 4.74 Å². The summed E-state index contributed by atoms with van der Waals surface area (Å²) in [6.07, 6.45) is 1.34. The maximum Gasteiger partial charge on any atom is 0.0593 e. The summed E-state index contributed by atoms with van der Waals surface area (Å²) in [5.41, 5.74) is 0. The Hall–Kier alpha value is -0.120. The van der Waals surface area contributed by atoms with E-state index in [0.29, 0.717) is 0 Å². The predicted octanol–water partition coefficient (Wildman–Crippen LogP) is 0.954. The highest BCUT2D eigenvalue weighted by molar-refractivity contribution is 4.74. The first-order chi connectivity index (χ1) is 6.86. The first-order valence-corrected chi connectivity index (χ1v) is 5.87. The van der Waals surface area contributed by atoms with Crippen molar-refractivity contribution in [1.29, 1.82) is 0 Å². The molecule has 1 rings (SSSR count). The van der Waals surface area contributed by atoms with Crippen LogP contribution >= 0.6 is 0 Å². The number of nitrogens with one attached hydrogen (secondary N) is 1. The van der Waals surface area contributed by atoms with Gasteiger partial charge in [-0.1, -0.05) is 6.92 Å². The quantitative estimate of drug-likeness (QED) is 0.619. The third-order valence-corrected chi connectivity index (χ3v) is 2.88. The summed E-state index contributed by atoms with van der Waals surface area (Å²) < 4.78 is 5.37. The van der Waals surface area contributed by atoms with Gasteiger partial charge in [-0.2, -0.15) is 0 Å². The van der Waals surface area contributed by atoms with Crippen molar-refractivity contribution in [3.63, 3.8) is 0 Å². The molecule has 14 heavy (non-hydrogen) atoms. The maximum absolute atomic E-state index is 5.37. The van der Waals surface area contributed by atoms with E-state index in [1.165, 1.54) is 26.1 Å². The summed E-state index contributed by atoms with van der Waals surface area (Å²) in [6.45, 7) is 11.9. The van der Waals surface area contributed by atoms with Crippen LogP contribution in [0.3, 0.4) is 0 Å². The topological polar surface area (TPSA) is 24.5 Å². The van der Waals surface area contributed by atoms with Gasteiger partial charge in [-0.3, -0.25) is 0 Å². The predicted molar refractivity (Wildman–Crippen MR) is 59.6 cm³/mol. The maximum atomic E-state index is 5.37. The van der Waals surface area contributed by atoms with Crippen LogP contribution in [-0.2, 0) is 4.74 Å². The molecule has 3 heteroatoms. The van der Waals surface area contributed by atoms with Crippen molar-refractivity contribution in [1.82, 2.24) is 10.2 Å². The fourth-order valence-corrected chi connectivity index (χ4v) is 1.95. The highest BCUT2D eigenvalue weighted by Crippen LogP contribution is 2.09. The third kappa shape index (κ3) is 4.40. The summed E-state index contributed by atoms with van der Waals surface area (Å²) in [6, 6.07) is 0. The van der Waals surface area contributed by atoms with Gasteiger partial charge in [-0.25, -0.2) is 0 Å². The Bertz CT molecular complexity index is 135. The fourth-order valence-electron chi connectivity index (χ4n) is 1.95. The molecule has 1 atom stereocenters. The summed E-state index contributed by atoms with van der Waals surface area (Å²) >= 11 is 0. The van der Waals surface area contributed by atoms with Gasteiger partial charge < -0.3 is 15.0 Å². The molecule has 1 aliphatic heterocycles. The van der Waals surface area contributed by atoms with Gasteiger partial charge >= 0.3 is 0 Å². The van der Waals surface area contributed by atoms with Crippen LogP contribution < -0.4 is 5.32 Å². The zero-order chi connectivity index (χ0) is 10.2. The number of likely N-dealkylation sites (N-methyl/N-ethyl adjacent to an activating group) is 1. The van der Waals surface area contributed by atoms with E-state index in [-0.39, 0.29) is 0 Å². The molecule has 0 aromatic heterocycles. The average Bonchev–Trinajstić information content (AvgIpc) is 2.69. The molecule has 3 nitrogen and oxygen atoms in total. The molecule has 1 saturated heterocycles. The number of nitrogens with zero attached hydrogens (tertiary/aromatic N) is 1. The Morgan fingerprint density at radius 2 is 2.29 bits per heavy atom. The normalized spacial score (nSPS) is 22.1. The summed E-state index contributed by atoms with van der Waals surface area (Å²) in [5.74, 6) is 0.858. The van der Waals surface area contributed by atoms with Crippen molar-refractivity contribution in [2.24, 2.45) is 5.92 Å². The van der Waals surface area contributed by atoms with Crippen molar-refractivity contribution in [2.75, 3.05) is 45.9 Å². The Labute approximate surface area is 87.8 Å². The van der Waals surface area contributed by atoms with Crippen LogP contribution in [0.15, 0.2) is 0 Å². The van der Waals surface area contributed by atoms with Crippen molar-refractivity contribution in [3.05, 3.63) is 0 Å². The van der Waals surface area contributed by atoms with Gasteiger partial charge in [0, 0.05) is 19.7 Å². The Kier molecular flexibility index (Phi) is 6.15. The monoisotopic (exact) mass is 200 g/mol. The van der Waals surface area contributed by atoms with E-state index in [1.54, 1.807) is 0 Å². The molecule has 1 fully saturated rings. The minimum atomic E-state index is 0.836. The molecular formula is C11H24N2O. The first kappa shape index (κ1) is 12.0. The molecule has 0 radical (unpaired) electrons. The zero-order valence-electron chi connectivity index (χ0n) is 9.59. The van der Waals surface area contributed by atoms with Crippen LogP contribution in [0.5, 0.6) is 0 Å². The molecule has 1 aliphatic rings. The number of hydrogen-bond acceptors (Lipinski definition) is 3. The highest BCUT2D eigenvalue weighted by Gasteiger charge is 2.16. The second-order valence-electron chi connectivity index (χ2n) is 3.95. The van der Waals surface area contributed by atoms with Crippen LogP contribution in [0.25, 0.3) is 0 Å². The van der Waals surface area contributed by atoms with Gasteiger partial charge in [0.25, 0.3) is 0 Å². The largest absolute Gasteiger partial charge is 0.380 e. The molecule has 0 spiro atoms. The van der Waals surface area contributed by atoms with Gasteiger partial charge in [-0.15, -0.1) is 0 Å². The molecule has 84 valence electrons. The van der Waals surface area contributed by atoms with Crippen LogP contribution in [0.1, 0.15) is 20.3 Å². The molecule has 0 bridgehead atoms. The lowest BCUT2D eigenvalue weighted by Gasteiger charge is -2.23. The summed E-state index contributed by atoms with van der Waals surface area (Å²) in [4.78, 5) is 2.49. The van der Waals surface area contributed by atoms with Crippen molar-refractivity contribution in [2.45, 2.75) is 20.3 Å². The molecule has 0 saturated carbocycles. The van der Waals surface area contributed by atoms with Crippen molar-refractivity contribution >= 4 is 0 Å². The van der Waals surface area contributed by atoms with Crippen LogP contribution in [-0.4, -0.2) is 50.8 Å². The van der Waals surface area contributed by atoms with Gasteiger partial charge in [0.05, 0.1) is 6.61 Å². The number of ether oxygens (including phenoxy) is 1. The fraction of sp³-hybridized carbons (Fsp3) is 1.00. The molecule has 0 aromatic carbocycles. The Morgan fingerprint density at radius 1 is 1.43 bits per heavy atom. The van der Waals surface area contributed by atoms with Gasteiger partial charge in [0.1, 0.15) is 0 Å². The minimum Gasteiger partial charge on any atom is -0.380 e. The molecule has 1 unspecified atom stereocenters. The molecule has 1 N–H and O–H groups in total. The number of rotatable bonds is 7. The Morgan fingerprint density at radius 3 is 2.86 bits per heavy atom. The van der Waals surface area contributed by atoms with Gasteiger partial charge in [-0.05, 0) is 38.9 Å². The highest BCUT2D eigenvalue weighted by atomic mass is 16.5. The smallest absolute Gasteiger partial charge is 0.0593 e. The average molecular weight is 200 g/mol. The second-order valence-corrected chi connectivity index (χ2v) is 3.95. The number of hydrogen-bond donors (Lipinski definition) is 1. The van der Waals surface area contributed by atoms with Crippen LogP contribution in [0.2, 0.25) is 0 Å². The minimum absolute atomic E-state index is 0.836. The van der Waals surface area contributed by atoms with Crippen molar-refractivity contribution in [3.8, 4) is 0 Å². The molecular weight excluding hydrogens is 176 g/mol. The summed E-state index contributed by atoms with van der Waals surface area (Å²) in [7, 11) is 0. The third-order valence-electron chi connectivity index (χ3n) is 2.88. The molecule has 1 heterocycles. The lowest BCUT2D eigenvalue weighted by molar-refractivity contribution is 0.110. The van der Waals surface area contributed by atoms with E-state index in [9.17, 15) is 0 Å². The standard InChI is InChI=1S/C11H24N2O/c1-3-13(7-8-14-4-2)10-11-5-6-12-9-11/h11-12H,3-10H2,1-2H3. The molecule has 0 amide bonds. The SMILES string of the molecule is CCOCCN(CC)CC1CCNC1. The lowest BCUT2D eigenvalue weighted by Crippen LogP contribution is -2.33. The van der Waals surface area contributed by atoms with E-state index >= 15 is 0 Å². The van der Waals surface area contributed by atoms with E-state index in [1.807, 2.05) is 0 Å². The van der Waals surface area contributed by atoms with Crippen LogP contribution in [0, 0.1) is 5.92 Å². The van der Waals surface area contributed by atoms with Crippen LogP contribution in [0.4, 0.5) is 0 Å². The Balaban J connectivity index is 2.10. The molecule has 0 aliphatic carbocycles. The van der Waals surface area contributed by atoms with Gasteiger partial charge in [0.15, 0.2) is 0 Å². The second kappa shape index (κ2) is 7.21. The van der Waals surface area contributed by atoms with E-state index in [0.717, 1.165) is 32.2 Å². The van der Waals surface area contributed by atoms with E-state index < -0.39 is 0 Å². The summed E-state index contributed by atoms with van der Waals surface area (Å²) in [5, 5.41) is 3.41. The lowest BCUT2D eigenvalue weighted by atomic mass is 10.1. The van der Waals surface area contributed by atoms with Crippen molar-refractivity contribution < 1.29 is 4.74 Å². The van der Waals surface area contributed by atoms with E-state index in [2.05, 4.69) is 24.1 Å².